The maximum atomic E-state index is 13.0. The summed E-state index contributed by atoms with van der Waals surface area (Å²) in [6, 6.07) is 5.85. The van der Waals surface area contributed by atoms with Crippen LogP contribution in [0.5, 0.6) is 0 Å². The first kappa shape index (κ1) is 13.0. The van der Waals surface area contributed by atoms with E-state index in [1.807, 2.05) is 32.0 Å². The van der Waals surface area contributed by atoms with E-state index in [-0.39, 0.29) is 6.29 Å². The molecule has 1 aliphatic rings. The Morgan fingerprint density at radius 1 is 1.29 bits per heavy atom. The predicted molar refractivity (Wildman–Crippen MR) is 67.8 cm³/mol. The maximum Gasteiger partial charge on any atom is 0.184 e. The van der Waals surface area contributed by atoms with Gasteiger partial charge in [-0.1, -0.05) is 35.8 Å². The number of ether oxygens (including phenoxy) is 2. The van der Waals surface area contributed by atoms with Gasteiger partial charge in [-0.3, -0.25) is 4.39 Å². The summed E-state index contributed by atoms with van der Waals surface area (Å²) in [5.41, 5.74) is 1.40. The van der Waals surface area contributed by atoms with Gasteiger partial charge in [-0.25, -0.2) is 0 Å². The SMILES string of the molecule is CC(C)(CF)c1cc(Br)cc(C2OCCO2)c1. The molecule has 0 aromatic heterocycles. The fourth-order valence-corrected chi connectivity index (χ4v) is 2.28. The molecule has 1 fully saturated rings. The smallest absolute Gasteiger partial charge is 0.184 e. The second-order valence-electron chi connectivity index (χ2n) is 4.86. The van der Waals surface area contributed by atoms with Gasteiger partial charge in [-0.05, 0) is 17.7 Å². The first-order valence-electron chi connectivity index (χ1n) is 5.63. The lowest BCUT2D eigenvalue weighted by molar-refractivity contribution is -0.0442. The van der Waals surface area contributed by atoms with E-state index >= 15 is 0 Å². The van der Waals surface area contributed by atoms with Crippen molar-refractivity contribution in [3.8, 4) is 0 Å². The van der Waals surface area contributed by atoms with Gasteiger partial charge < -0.3 is 9.47 Å². The minimum absolute atomic E-state index is 0.318. The highest BCUT2D eigenvalue weighted by molar-refractivity contribution is 9.10. The highest BCUT2D eigenvalue weighted by atomic mass is 79.9. The van der Waals surface area contributed by atoms with Crippen molar-refractivity contribution in [2.45, 2.75) is 25.6 Å². The Balaban J connectivity index is 2.35. The zero-order valence-corrected chi connectivity index (χ0v) is 11.6. The van der Waals surface area contributed by atoms with E-state index in [0.717, 1.165) is 15.6 Å². The molecule has 17 heavy (non-hydrogen) atoms. The second kappa shape index (κ2) is 5.04. The third-order valence-corrected chi connectivity index (χ3v) is 3.39. The Labute approximate surface area is 109 Å². The van der Waals surface area contributed by atoms with Crippen molar-refractivity contribution in [1.82, 2.24) is 0 Å². The fourth-order valence-electron chi connectivity index (χ4n) is 1.77. The number of hydrogen-bond acceptors (Lipinski definition) is 2. The van der Waals surface area contributed by atoms with Crippen LogP contribution in [-0.4, -0.2) is 19.9 Å². The molecule has 0 saturated carbocycles. The van der Waals surface area contributed by atoms with Crippen molar-refractivity contribution in [1.29, 1.82) is 0 Å². The molecule has 1 heterocycles. The van der Waals surface area contributed by atoms with Crippen LogP contribution in [0.25, 0.3) is 0 Å². The third kappa shape index (κ3) is 2.87. The topological polar surface area (TPSA) is 18.5 Å². The Bertz CT molecular complexity index is 400. The van der Waals surface area contributed by atoms with Crippen LogP contribution in [0.3, 0.4) is 0 Å². The van der Waals surface area contributed by atoms with Gasteiger partial charge in [0.1, 0.15) is 0 Å². The molecule has 1 aromatic carbocycles. The lowest BCUT2D eigenvalue weighted by Crippen LogP contribution is -2.20. The van der Waals surface area contributed by atoms with Crippen LogP contribution in [-0.2, 0) is 14.9 Å². The Kier molecular flexibility index (Phi) is 3.85. The molecule has 0 N–H and O–H groups in total. The molecule has 1 aromatic rings. The monoisotopic (exact) mass is 302 g/mol. The van der Waals surface area contributed by atoms with E-state index in [1.165, 1.54) is 0 Å². The van der Waals surface area contributed by atoms with Crippen LogP contribution in [0.4, 0.5) is 4.39 Å². The maximum absolute atomic E-state index is 13.0. The van der Waals surface area contributed by atoms with Crippen molar-refractivity contribution in [2.75, 3.05) is 19.9 Å². The van der Waals surface area contributed by atoms with Crippen LogP contribution in [0.1, 0.15) is 31.3 Å². The zero-order valence-electron chi connectivity index (χ0n) is 10.0. The van der Waals surface area contributed by atoms with Gasteiger partial charge in [-0.15, -0.1) is 0 Å². The highest BCUT2D eigenvalue weighted by Crippen LogP contribution is 2.32. The quantitative estimate of drug-likeness (QED) is 0.847. The molecule has 1 aliphatic heterocycles. The van der Waals surface area contributed by atoms with Gasteiger partial charge in [0.15, 0.2) is 6.29 Å². The summed E-state index contributed by atoms with van der Waals surface area (Å²) in [6.07, 6.45) is -0.318. The Hall–Kier alpha value is -0.450. The zero-order chi connectivity index (χ0) is 12.5. The van der Waals surface area contributed by atoms with E-state index in [0.29, 0.717) is 13.2 Å². The first-order chi connectivity index (χ1) is 8.03. The molecule has 0 amide bonds. The van der Waals surface area contributed by atoms with Crippen molar-refractivity contribution < 1.29 is 13.9 Å². The van der Waals surface area contributed by atoms with Crippen molar-refractivity contribution in [2.24, 2.45) is 0 Å². The van der Waals surface area contributed by atoms with Gasteiger partial charge in [0.2, 0.25) is 0 Å². The molecule has 94 valence electrons. The van der Waals surface area contributed by atoms with Gasteiger partial charge >= 0.3 is 0 Å². The number of rotatable bonds is 3. The summed E-state index contributed by atoms with van der Waals surface area (Å²) in [5.74, 6) is 0. The minimum Gasteiger partial charge on any atom is -0.346 e. The molecular formula is C13H16BrFO2. The molecule has 0 aliphatic carbocycles. The number of halogens is 2. The van der Waals surface area contributed by atoms with E-state index in [1.54, 1.807) is 0 Å². The summed E-state index contributed by atoms with van der Waals surface area (Å²) in [6.45, 7) is 4.59. The van der Waals surface area contributed by atoms with Crippen LogP contribution in [0, 0.1) is 0 Å². The number of benzene rings is 1. The van der Waals surface area contributed by atoms with Gasteiger partial charge in [0, 0.05) is 15.5 Å². The largest absolute Gasteiger partial charge is 0.346 e. The molecule has 0 bridgehead atoms. The lowest BCUT2D eigenvalue weighted by atomic mass is 9.85. The van der Waals surface area contributed by atoms with Crippen molar-refractivity contribution >= 4 is 15.9 Å². The number of alkyl halides is 1. The van der Waals surface area contributed by atoms with Crippen molar-refractivity contribution in [3.63, 3.8) is 0 Å². The van der Waals surface area contributed by atoms with Crippen LogP contribution >= 0.6 is 15.9 Å². The molecule has 0 unspecified atom stereocenters. The highest BCUT2D eigenvalue weighted by Gasteiger charge is 2.24. The molecule has 2 rings (SSSR count). The Morgan fingerprint density at radius 3 is 2.53 bits per heavy atom. The summed E-state index contributed by atoms with van der Waals surface area (Å²) in [7, 11) is 0. The molecule has 2 nitrogen and oxygen atoms in total. The molecule has 4 heteroatoms. The van der Waals surface area contributed by atoms with E-state index in [4.69, 9.17) is 9.47 Å². The fraction of sp³-hybridized carbons (Fsp3) is 0.538. The van der Waals surface area contributed by atoms with Crippen LogP contribution < -0.4 is 0 Å². The van der Waals surface area contributed by atoms with Crippen molar-refractivity contribution in [3.05, 3.63) is 33.8 Å². The second-order valence-corrected chi connectivity index (χ2v) is 5.78. The molecule has 0 atom stereocenters. The summed E-state index contributed by atoms with van der Waals surface area (Å²) >= 11 is 3.45. The first-order valence-corrected chi connectivity index (χ1v) is 6.42. The standard InChI is InChI=1S/C13H16BrFO2/c1-13(2,8-15)10-5-9(6-11(14)7-10)12-16-3-4-17-12/h5-7,12H,3-4,8H2,1-2H3. The molecular weight excluding hydrogens is 287 g/mol. The molecule has 0 spiro atoms. The predicted octanol–water partition coefficient (Wildman–Crippen LogP) is 3.74. The number of hydrogen-bond donors (Lipinski definition) is 0. The van der Waals surface area contributed by atoms with E-state index in [2.05, 4.69) is 15.9 Å². The molecule has 1 saturated heterocycles. The van der Waals surface area contributed by atoms with E-state index in [9.17, 15) is 4.39 Å². The average Bonchev–Trinajstić information content (AvgIpc) is 2.81. The average molecular weight is 303 g/mol. The summed E-state index contributed by atoms with van der Waals surface area (Å²) in [4.78, 5) is 0. The van der Waals surface area contributed by atoms with Crippen LogP contribution in [0.15, 0.2) is 22.7 Å². The lowest BCUT2D eigenvalue weighted by Gasteiger charge is -2.23. The normalized spacial score (nSPS) is 17.6. The van der Waals surface area contributed by atoms with Crippen LogP contribution in [0.2, 0.25) is 0 Å². The van der Waals surface area contributed by atoms with Gasteiger partial charge in [-0.2, -0.15) is 0 Å². The minimum atomic E-state index is -0.489. The summed E-state index contributed by atoms with van der Waals surface area (Å²) in [5, 5.41) is 0. The molecule has 0 radical (unpaired) electrons. The van der Waals surface area contributed by atoms with Gasteiger partial charge in [0.25, 0.3) is 0 Å². The Morgan fingerprint density at radius 2 is 1.94 bits per heavy atom. The third-order valence-electron chi connectivity index (χ3n) is 2.93. The summed E-state index contributed by atoms with van der Waals surface area (Å²) < 4.78 is 24.9. The van der Waals surface area contributed by atoms with E-state index < -0.39 is 12.1 Å². The van der Waals surface area contributed by atoms with Gasteiger partial charge in [0.05, 0.1) is 19.9 Å².